The summed E-state index contributed by atoms with van der Waals surface area (Å²) in [5, 5.41) is 18.1. The van der Waals surface area contributed by atoms with Gasteiger partial charge < -0.3 is 15.7 Å². The molecule has 2 unspecified atom stereocenters. The highest BCUT2D eigenvalue weighted by Crippen LogP contribution is 2.33. The van der Waals surface area contributed by atoms with Crippen LogP contribution < -0.4 is 10.6 Å². The van der Waals surface area contributed by atoms with Crippen molar-refractivity contribution in [3.05, 3.63) is 35.2 Å². The Bertz CT molecular complexity index is 1030. The van der Waals surface area contributed by atoms with Crippen LogP contribution in [0.4, 0.5) is 10.2 Å². The van der Waals surface area contributed by atoms with Crippen LogP contribution in [0, 0.1) is 17.7 Å². The minimum Gasteiger partial charge on any atom is -0.381 e. The van der Waals surface area contributed by atoms with Crippen LogP contribution in [-0.2, 0) is 0 Å². The average molecular weight is 383 g/mol. The SMILES string of the molecule is CC(O)C#Cc1csc2c(NC3CCNC3)nc(-c3ccncc3F)nc12. The number of fused-ring (bicyclic) bond motifs is 1. The Hall–Kier alpha value is -2.60. The molecule has 0 aliphatic carbocycles. The molecule has 1 aliphatic heterocycles. The number of halogens is 1. The molecule has 3 N–H and O–H groups in total. The molecule has 2 atom stereocenters. The molecule has 0 amide bonds. The second-order valence-electron chi connectivity index (χ2n) is 6.36. The van der Waals surface area contributed by atoms with E-state index in [1.807, 2.05) is 5.38 Å². The first-order chi connectivity index (χ1) is 13.1. The monoisotopic (exact) mass is 383 g/mol. The number of pyridine rings is 1. The molecule has 0 saturated carbocycles. The average Bonchev–Trinajstić information content (AvgIpc) is 3.30. The lowest BCUT2D eigenvalue weighted by Gasteiger charge is -2.14. The third-order valence-electron chi connectivity index (χ3n) is 4.25. The van der Waals surface area contributed by atoms with E-state index in [1.165, 1.54) is 17.5 Å². The second-order valence-corrected chi connectivity index (χ2v) is 7.24. The molecule has 0 radical (unpaired) electrons. The molecule has 4 rings (SSSR count). The van der Waals surface area contributed by atoms with E-state index in [4.69, 9.17) is 0 Å². The van der Waals surface area contributed by atoms with Gasteiger partial charge in [-0.05, 0) is 26.0 Å². The van der Waals surface area contributed by atoms with E-state index in [-0.39, 0.29) is 11.9 Å². The van der Waals surface area contributed by atoms with Crippen molar-refractivity contribution in [1.29, 1.82) is 0 Å². The smallest absolute Gasteiger partial charge is 0.165 e. The second kappa shape index (κ2) is 7.56. The van der Waals surface area contributed by atoms with Gasteiger partial charge in [-0.1, -0.05) is 11.8 Å². The molecular formula is C19H18FN5OS. The molecule has 3 aromatic heterocycles. The van der Waals surface area contributed by atoms with Gasteiger partial charge in [-0.15, -0.1) is 11.3 Å². The van der Waals surface area contributed by atoms with Crippen molar-refractivity contribution in [3.8, 4) is 23.2 Å². The summed E-state index contributed by atoms with van der Waals surface area (Å²) in [6, 6.07) is 1.82. The number of aromatic nitrogens is 3. The maximum atomic E-state index is 14.3. The largest absolute Gasteiger partial charge is 0.381 e. The number of thiophene rings is 1. The Morgan fingerprint density at radius 1 is 1.44 bits per heavy atom. The fourth-order valence-electron chi connectivity index (χ4n) is 2.94. The van der Waals surface area contributed by atoms with Gasteiger partial charge in [-0.2, -0.15) is 0 Å². The van der Waals surface area contributed by atoms with E-state index >= 15 is 0 Å². The summed E-state index contributed by atoms with van der Waals surface area (Å²) < 4.78 is 15.1. The normalized spacial score (nSPS) is 17.5. The van der Waals surface area contributed by atoms with Gasteiger partial charge in [0.1, 0.15) is 17.4 Å². The van der Waals surface area contributed by atoms with Crippen LogP contribution in [0.25, 0.3) is 21.6 Å². The zero-order chi connectivity index (χ0) is 18.8. The van der Waals surface area contributed by atoms with Gasteiger partial charge in [0.25, 0.3) is 0 Å². The van der Waals surface area contributed by atoms with Gasteiger partial charge in [0.05, 0.1) is 22.0 Å². The summed E-state index contributed by atoms with van der Waals surface area (Å²) in [7, 11) is 0. The highest BCUT2D eigenvalue weighted by atomic mass is 32.1. The van der Waals surface area contributed by atoms with Gasteiger partial charge in [0, 0.05) is 24.2 Å². The maximum Gasteiger partial charge on any atom is 0.165 e. The molecule has 3 aromatic rings. The first-order valence-electron chi connectivity index (χ1n) is 8.68. The van der Waals surface area contributed by atoms with Crippen molar-refractivity contribution in [2.24, 2.45) is 0 Å². The lowest BCUT2D eigenvalue weighted by atomic mass is 10.2. The fourth-order valence-corrected chi connectivity index (χ4v) is 3.82. The summed E-state index contributed by atoms with van der Waals surface area (Å²) >= 11 is 1.49. The van der Waals surface area contributed by atoms with E-state index in [2.05, 4.69) is 37.4 Å². The zero-order valence-electron chi connectivity index (χ0n) is 14.7. The number of nitrogens with one attached hydrogen (secondary N) is 2. The molecular weight excluding hydrogens is 365 g/mol. The highest BCUT2D eigenvalue weighted by Gasteiger charge is 2.20. The summed E-state index contributed by atoms with van der Waals surface area (Å²) in [6.07, 6.45) is 2.92. The minimum atomic E-state index is -0.735. The van der Waals surface area contributed by atoms with Crippen LogP contribution in [-0.4, -0.2) is 45.3 Å². The lowest BCUT2D eigenvalue weighted by Crippen LogP contribution is -2.23. The molecule has 27 heavy (non-hydrogen) atoms. The molecule has 4 heterocycles. The van der Waals surface area contributed by atoms with E-state index < -0.39 is 11.9 Å². The number of rotatable bonds is 3. The van der Waals surface area contributed by atoms with E-state index in [0.717, 1.165) is 30.4 Å². The van der Waals surface area contributed by atoms with Crippen LogP contribution in [0.15, 0.2) is 23.8 Å². The summed E-state index contributed by atoms with van der Waals surface area (Å²) in [5.41, 5.74) is 1.64. The Balaban J connectivity index is 1.86. The van der Waals surface area contributed by atoms with Crippen molar-refractivity contribution < 1.29 is 9.50 Å². The number of aliphatic hydroxyl groups is 1. The van der Waals surface area contributed by atoms with Crippen molar-refractivity contribution >= 4 is 27.4 Å². The van der Waals surface area contributed by atoms with E-state index in [1.54, 1.807) is 13.0 Å². The van der Waals surface area contributed by atoms with Crippen molar-refractivity contribution in [2.75, 3.05) is 18.4 Å². The molecule has 1 aliphatic rings. The first-order valence-corrected chi connectivity index (χ1v) is 9.56. The van der Waals surface area contributed by atoms with Crippen LogP contribution >= 0.6 is 11.3 Å². The number of hydrogen-bond acceptors (Lipinski definition) is 7. The number of hydrogen-bond donors (Lipinski definition) is 3. The number of nitrogens with zero attached hydrogens (tertiary/aromatic N) is 3. The standard InChI is InChI=1S/C19H18FN5OS/c1-11(26)2-3-12-10-27-17-16(12)24-18(14-5-7-22-9-15(14)20)25-19(17)23-13-4-6-21-8-13/h5,7,9-11,13,21,26H,4,6,8H2,1H3,(H,23,24,25). The Labute approximate surface area is 159 Å². The molecule has 138 valence electrons. The molecule has 0 spiro atoms. The van der Waals surface area contributed by atoms with Gasteiger partial charge >= 0.3 is 0 Å². The predicted molar refractivity (Wildman–Crippen MR) is 104 cm³/mol. The Morgan fingerprint density at radius 3 is 3.07 bits per heavy atom. The van der Waals surface area contributed by atoms with Gasteiger partial charge in [0.2, 0.25) is 0 Å². The number of aliphatic hydroxyl groups excluding tert-OH is 1. The zero-order valence-corrected chi connectivity index (χ0v) is 15.5. The third-order valence-corrected chi connectivity index (χ3v) is 5.22. The van der Waals surface area contributed by atoms with Gasteiger partial charge in [-0.3, -0.25) is 4.98 Å². The van der Waals surface area contributed by atoms with Crippen LogP contribution in [0.5, 0.6) is 0 Å². The van der Waals surface area contributed by atoms with Gasteiger partial charge in [-0.25, -0.2) is 14.4 Å². The van der Waals surface area contributed by atoms with E-state index in [9.17, 15) is 9.50 Å². The van der Waals surface area contributed by atoms with Gasteiger partial charge in [0.15, 0.2) is 11.6 Å². The topological polar surface area (TPSA) is 83.0 Å². The summed E-state index contributed by atoms with van der Waals surface area (Å²) in [4.78, 5) is 13.0. The summed E-state index contributed by atoms with van der Waals surface area (Å²) in [5.74, 6) is 6.18. The van der Waals surface area contributed by atoms with Crippen molar-refractivity contribution in [1.82, 2.24) is 20.3 Å². The molecule has 6 nitrogen and oxygen atoms in total. The maximum absolute atomic E-state index is 14.3. The molecule has 1 fully saturated rings. The lowest BCUT2D eigenvalue weighted by molar-refractivity contribution is 0.253. The van der Waals surface area contributed by atoms with Crippen molar-refractivity contribution in [2.45, 2.75) is 25.5 Å². The van der Waals surface area contributed by atoms with Crippen LogP contribution in [0.1, 0.15) is 18.9 Å². The van der Waals surface area contributed by atoms with Crippen LogP contribution in [0.2, 0.25) is 0 Å². The molecule has 8 heteroatoms. The van der Waals surface area contributed by atoms with Crippen molar-refractivity contribution in [3.63, 3.8) is 0 Å². The predicted octanol–water partition coefficient (Wildman–Crippen LogP) is 2.40. The van der Waals surface area contributed by atoms with E-state index in [0.29, 0.717) is 22.5 Å². The Morgan fingerprint density at radius 2 is 2.33 bits per heavy atom. The Kier molecular flexibility index (Phi) is 4.99. The molecule has 1 saturated heterocycles. The van der Waals surface area contributed by atoms with Crippen LogP contribution in [0.3, 0.4) is 0 Å². The fraction of sp³-hybridized carbons (Fsp3) is 0.316. The molecule has 0 aromatic carbocycles. The summed E-state index contributed by atoms with van der Waals surface area (Å²) in [6.45, 7) is 3.41. The molecule has 0 bridgehead atoms. The first kappa shape index (κ1) is 17.8. The number of anilines is 1. The quantitative estimate of drug-likeness (QED) is 0.603. The highest BCUT2D eigenvalue weighted by molar-refractivity contribution is 7.18. The third kappa shape index (κ3) is 3.76. The minimum absolute atomic E-state index is 0.257.